The third kappa shape index (κ3) is 3.93. The van der Waals surface area contributed by atoms with Crippen LogP contribution >= 0.6 is 0 Å². The fourth-order valence-electron chi connectivity index (χ4n) is 2.53. The Morgan fingerprint density at radius 1 is 1.23 bits per heavy atom. The van der Waals surface area contributed by atoms with Crippen LogP contribution in [0.3, 0.4) is 0 Å². The second kappa shape index (κ2) is 7.73. The minimum atomic E-state index is -0.278. The number of benzene rings is 1. The van der Waals surface area contributed by atoms with Crippen LogP contribution in [0.1, 0.15) is 56.4 Å². The van der Waals surface area contributed by atoms with Crippen LogP contribution in [-0.4, -0.2) is 22.1 Å². The first-order valence-electron chi connectivity index (χ1n) is 7.91. The van der Waals surface area contributed by atoms with E-state index in [0.29, 0.717) is 10.8 Å². The number of aromatic nitrogens is 2. The third-order valence-electron chi connectivity index (χ3n) is 3.78. The average molecular weight is 301 g/mol. The lowest BCUT2D eigenvalue weighted by Gasteiger charge is -2.14. The molecule has 0 radical (unpaired) electrons. The van der Waals surface area contributed by atoms with E-state index in [2.05, 4.69) is 22.4 Å². The van der Waals surface area contributed by atoms with Crippen LogP contribution in [0.4, 0.5) is 0 Å². The molecule has 0 bridgehead atoms. The van der Waals surface area contributed by atoms with E-state index in [0.717, 1.165) is 12.8 Å². The number of rotatable bonds is 7. The zero-order chi connectivity index (χ0) is 15.9. The summed E-state index contributed by atoms with van der Waals surface area (Å²) in [5, 5.41) is 10.3. The summed E-state index contributed by atoms with van der Waals surface area (Å²) in [6.07, 6.45) is 5.68. The van der Waals surface area contributed by atoms with Gasteiger partial charge in [0, 0.05) is 11.4 Å². The van der Waals surface area contributed by atoms with Crippen molar-refractivity contribution in [2.75, 3.05) is 0 Å². The zero-order valence-electron chi connectivity index (χ0n) is 13.2. The van der Waals surface area contributed by atoms with Crippen molar-refractivity contribution in [3.63, 3.8) is 0 Å². The van der Waals surface area contributed by atoms with Gasteiger partial charge in [0.1, 0.15) is 0 Å². The lowest BCUT2D eigenvalue weighted by Crippen LogP contribution is -2.34. The molecule has 5 nitrogen and oxygen atoms in total. The maximum atomic E-state index is 12.4. The Kier molecular flexibility index (Phi) is 5.69. The first kappa shape index (κ1) is 16.2. The molecule has 2 N–H and O–H groups in total. The summed E-state index contributed by atoms with van der Waals surface area (Å²) < 4.78 is 0. The van der Waals surface area contributed by atoms with Crippen molar-refractivity contribution in [2.24, 2.45) is 0 Å². The van der Waals surface area contributed by atoms with E-state index in [1.54, 1.807) is 24.3 Å². The summed E-state index contributed by atoms with van der Waals surface area (Å²) in [5.74, 6) is -0.240. The van der Waals surface area contributed by atoms with Crippen molar-refractivity contribution in [1.29, 1.82) is 0 Å². The highest BCUT2D eigenvalue weighted by Gasteiger charge is 2.15. The number of unbranched alkanes of at least 4 members (excludes halogenated alkanes) is 3. The van der Waals surface area contributed by atoms with Crippen LogP contribution in [0.15, 0.2) is 29.1 Å². The standard InChI is InChI=1S/C17H23N3O2/c1-3-4-5-6-9-12(2)18-17(22)15-13-10-7-8-11-14(13)16(21)20-19-15/h7-8,10-12H,3-6,9H2,1-2H3,(H,18,22)(H,20,21). The van der Waals surface area contributed by atoms with E-state index in [1.165, 1.54) is 19.3 Å². The Morgan fingerprint density at radius 3 is 2.68 bits per heavy atom. The van der Waals surface area contributed by atoms with Crippen LogP contribution in [0.5, 0.6) is 0 Å². The van der Waals surface area contributed by atoms with Crippen molar-refractivity contribution >= 4 is 16.7 Å². The quantitative estimate of drug-likeness (QED) is 0.772. The van der Waals surface area contributed by atoms with Gasteiger partial charge < -0.3 is 5.32 Å². The van der Waals surface area contributed by atoms with Gasteiger partial charge in [-0.05, 0) is 19.4 Å². The van der Waals surface area contributed by atoms with Crippen molar-refractivity contribution in [3.8, 4) is 0 Å². The molecule has 1 amide bonds. The largest absolute Gasteiger partial charge is 0.348 e. The van der Waals surface area contributed by atoms with E-state index in [4.69, 9.17) is 0 Å². The number of H-pyrrole nitrogens is 1. The van der Waals surface area contributed by atoms with Crippen molar-refractivity contribution < 1.29 is 4.79 Å². The number of fused-ring (bicyclic) bond motifs is 1. The summed E-state index contributed by atoms with van der Waals surface area (Å²) in [4.78, 5) is 24.1. The Balaban J connectivity index is 2.07. The summed E-state index contributed by atoms with van der Waals surface area (Å²) in [6, 6.07) is 7.11. The van der Waals surface area contributed by atoms with Gasteiger partial charge in [-0.1, -0.05) is 50.8 Å². The summed E-state index contributed by atoms with van der Waals surface area (Å²) in [6.45, 7) is 4.18. The van der Waals surface area contributed by atoms with Gasteiger partial charge in [0.15, 0.2) is 5.69 Å². The Bertz CT molecular complexity index is 694. The molecule has 0 saturated heterocycles. The number of hydrogen-bond donors (Lipinski definition) is 2. The molecule has 0 aliphatic carbocycles. The lowest BCUT2D eigenvalue weighted by molar-refractivity contribution is 0.0933. The highest BCUT2D eigenvalue weighted by molar-refractivity contribution is 6.04. The normalized spacial score (nSPS) is 12.3. The molecule has 1 atom stereocenters. The van der Waals surface area contributed by atoms with E-state index in [1.807, 2.05) is 6.92 Å². The second-order valence-corrected chi connectivity index (χ2v) is 5.67. The SMILES string of the molecule is CCCCCCC(C)NC(=O)c1n[nH]c(=O)c2ccccc12. The maximum Gasteiger partial charge on any atom is 0.272 e. The summed E-state index contributed by atoms with van der Waals surface area (Å²) in [5.41, 5.74) is -0.00428. The maximum absolute atomic E-state index is 12.4. The molecule has 1 aromatic heterocycles. The molecule has 0 aliphatic heterocycles. The molecule has 5 heteroatoms. The minimum Gasteiger partial charge on any atom is -0.348 e. The van der Waals surface area contributed by atoms with Gasteiger partial charge in [-0.2, -0.15) is 5.10 Å². The van der Waals surface area contributed by atoms with Gasteiger partial charge in [0.2, 0.25) is 0 Å². The van der Waals surface area contributed by atoms with Crippen LogP contribution in [0.2, 0.25) is 0 Å². The molecule has 0 aliphatic rings. The first-order chi connectivity index (χ1) is 10.6. The summed E-state index contributed by atoms with van der Waals surface area (Å²) >= 11 is 0. The molecular weight excluding hydrogens is 278 g/mol. The molecule has 1 heterocycles. The molecule has 2 aromatic rings. The molecule has 0 fully saturated rings. The third-order valence-corrected chi connectivity index (χ3v) is 3.78. The van der Waals surface area contributed by atoms with Gasteiger partial charge in [-0.25, -0.2) is 5.10 Å². The topological polar surface area (TPSA) is 74.8 Å². The molecular formula is C17H23N3O2. The molecule has 22 heavy (non-hydrogen) atoms. The van der Waals surface area contributed by atoms with E-state index in [-0.39, 0.29) is 23.2 Å². The van der Waals surface area contributed by atoms with Gasteiger partial charge in [0.05, 0.1) is 5.39 Å². The second-order valence-electron chi connectivity index (χ2n) is 5.67. The zero-order valence-corrected chi connectivity index (χ0v) is 13.2. The fraction of sp³-hybridized carbons (Fsp3) is 0.471. The van der Waals surface area contributed by atoms with Crippen molar-refractivity contribution in [2.45, 2.75) is 52.0 Å². The number of hydrogen-bond acceptors (Lipinski definition) is 3. The van der Waals surface area contributed by atoms with Gasteiger partial charge in [-0.3, -0.25) is 9.59 Å². The van der Waals surface area contributed by atoms with Gasteiger partial charge in [0.25, 0.3) is 11.5 Å². The highest BCUT2D eigenvalue weighted by atomic mass is 16.2. The predicted molar refractivity (Wildman–Crippen MR) is 88.1 cm³/mol. The average Bonchev–Trinajstić information content (AvgIpc) is 2.52. The van der Waals surface area contributed by atoms with Gasteiger partial charge >= 0.3 is 0 Å². The van der Waals surface area contributed by atoms with Gasteiger partial charge in [-0.15, -0.1) is 0 Å². The molecule has 0 spiro atoms. The number of nitrogens with zero attached hydrogens (tertiary/aromatic N) is 1. The lowest BCUT2D eigenvalue weighted by atomic mass is 10.1. The number of carbonyl (C=O) groups is 1. The molecule has 118 valence electrons. The van der Waals surface area contributed by atoms with Crippen LogP contribution in [0, 0.1) is 0 Å². The molecule has 1 unspecified atom stereocenters. The molecule has 0 saturated carbocycles. The number of carbonyl (C=O) groups excluding carboxylic acids is 1. The molecule has 2 rings (SSSR count). The Morgan fingerprint density at radius 2 is 1.95 bits per heavy atom. The predicted octanol–water partition coefficient (Wildman–Crippen LogP) is 3.01. The van der Waals surface area contributed by atoms with Crippen molar-refractivity contribution in [3.05, 3.63) is 40.3 Å². The van der Waals surface area contributed by atoms with Crippen molar-refractivity contribution in [1.82, 2.24) is 15.5 Å². The van der Waals surface area contributed by atoms with E-state index >= 15 is 0 Å². The van der Waals surface area contributed by atoms with E-state index in [9.17, 15) is 9.59 Å². The number of amides is 1. The smallest absolute Gasteiger partial charge is 0.272 e. The Labute approximate surface area is 130 Å². The van der Waals surface area contributed by atoms with Crippen LogP contribution < -0.4 is 10.9 Å². The molecule has 1 aromatic carbocycles. The summed E-state index contributed by atoms with van der Waals surface area (Å²) in [7, 11) is 0. The Hall–Kier alpha value is -2.17. The van der Waals surface area contributed by atoms with E-state index < -0.39 is 0 Å². The highest BCUT2D eigenvalue weighted by Crippen LogP contribution is 2.13. The first-order valence-corrected chi connectivity index (χ1v) is 7.91. The number of nitrogens with one attached hydrogen (secondary N) is 2. The number of aromatic amines is 1. The fourth-order valence-corrected chi connectivity index (χ4v) is 2.53. The van der Waals surface area contributed by atoms with Crippen LogP contribution in [-0.2, 0) is 0 Å². The van der Waals surface area contributed by atoms with Crippen LogP contribution in [0.25, 0.3) is 10.8 Å². The minimum absolute atomic E-state index is 0.0943. The monoisotopic (exact) mass is 301 g/mol.